The summed E-state index contributed by atoms with van der Waals surface area (Å²) in [5.74, 6) is -0.263. The molecule has 0 aliphatic carbocycles. The number of rotatable bonds is 5. The summed E-state index contributed by atoms with van der Waals surface area (Å²) in [6, 6.07) is 11.1. The fourth-order valence-corrected chi connectivity index (χ4v) is 5.84. The topological polar surface area (TPSA) is 84.6 Å². The van der Waals surface area contributed by atoms with Crippen molar-refractivity contribution < 1.29 is 13.2 Å². The van der Waals surface area contributed by atoms with Crippen LogP contribution >= 0.6 is 11.6 Å². The number of carbonyl (C=O) groups excluding carboxylic acids is 1. The van der Waals surface area contributed by atoms with Crippen molar-refractivity contribution in [2.24, 2.45) is 14.1 Å². The van der Waals surface area contributed by atoms with Gasteiger partial charge in [-0.2, -0.15) is 0 Å². The summed E-state index contributed by atoms with van der Waals surface area (Å²) in [6.07, 6.45) is 2.87. The highest BCUT2D eigenvalue weighted by molar-refractivity contribution is 7.92. The number of hydrogen-bond donors (Lipinski definition) is 0. The summed E-state index contributed by atoms with van der Waals surface area (Å²) in [5, 5.41) is 0.232. The number of halogens is 1. The third-order valence-corrected chi connectivity index (χ3v) is 8.02. The smallest absolute Gasteiger partial charge is 0.328 e. The number of fused-ring (bicyclic) bond motifs is 1. The molecule has 0 spiro atoms. The van der Waals surface area contributed by atoms with Crippen molar-refractivity contribution in [1.29, 1.82) is 0 Å². The number of para-hydroxylation sites is 1. The van der Waals surface area contributed by atoms with Crippen LogP contribution in [0, 0.1) is 0 Å². The second kappa shape index (κ2) is 8.63. The minimum Gasteiger partial charge on any atom is -0.341 e. The number of likely N-dealkylation sites (tertiary alicyclic amines) is 1. The summed E-state index contributed by atoms with van der Waals surface area (Å²) in [4.78, 5) is 27.0. The Morgan fingerprint density at radius 1 is 1.00 bits per heavy atom. The molecule has 0 atom stereocenters. The van der Waals surface area contributed by atoms with Crippen LogP contribution in [0.4, 0.5) is 5.69 Å². The zero-order chi connectivity index (χ0) is 23.0. The number of carbonyl (C=O) groups is 1. The van der Waals surface area contributed by atoms with E-state index in [9.17, 15) is 18.0 Å². The molecule has 1 aliphatic rings. The SMILES string of the molecule is Cn1c(=O)n(C)c2cc(S(=O)(=O)N(CC(=O)N3CCCCC3)c3ccccc3Cl)ccc21. The zero-order valence-electron chi connectivity index (χ0n) is 18.0. The van der Waals surface area contributed by atoms with Gasteiger partial charge in [-0.25, -0.2) is 13.2 Å². The number of anilines is 1. The summed E-state index contributed by atoms with van der Waals surface area (Å²) in [7, 11) is -0.924. The van der Waals surface area contributed by atoms with Crippen LogP contribution in [0.5, 0.6) is 0 Å². The molecular weight excluding hydrogens is 452 g/mol. The molecule has 3 aromatic rings. The molecule has 2 heterocycles. The molecular formula is C22H25ClN4O4S. The maximum atomic E-state index is 13.8. The van der Waals surface area contributed by atoms with Gasteiger partial charge >= 0.3 is 5.69 Å². The van der Waals surface area contributed by atoms with Crippen LogP contribution < -0.4 is 9.99 Å². The molecule has 1 aromatic heterocycles. The Hall–Kier alpha value is -2.78. The average Bonchev–Trinajstić information content (AvgIpc) is 3.02. The van der Waals surface area contributed by atoms with E-state index in [1.165, 1.54) is 21.3 Å². The van der Waals surface area contributed by atoms with Crippen LogP contribution in [0.25, 0.3) is 11.0 Å². The lowest BCUT2D eigenvalue weighted by Crippen LogP contribution is -2.45. The molecule has 170 valence electrons. The van der Waals surface area contributed by atoms with Crippen molar-refractivity contribution >= 4 is 44.3 Å². The minimum absolute atomic E-state index is 0.0161. The molecule has 8 nitrogen and oxygen atoms in total. The summed E-state index contributed by atoms with van der Waals surface area (Å²) in [6.45, 7) is 0.887. The number of amides is 1. The van der Waals surface area contributed by atoms with Gasteiger partial charge in [-0.05, 0) is 49.6 Å². The largest absolute Gasteiger partial charge is 0.341 e. The van der Waals surface area contributed by atoms with Crippen molar-refractivity contribution in [1.82, 2.24) is 14.0 Å². The van der Waals surface area contributed by atoms with Gasteiger partial charge in [-0.15, -0.1) is 0 Å². The molecule has 10 heteroatoms. The van der Waals surface area contributed by atoms with Crippen molar-refractivity contribution in [3.63, 3.8) is 0 Å². The van der Waals surface area contributed by atoms with Crippen molar-refractivity contribution in [2.75, 3.05) is 23.9 Å². The molecule has 1 aliphatic heterocycles. The third kappa shape index (κ3) is 3.91. The van der Waals surface area contributed by atoms with E-state index in [0.29, 0.717) is 24.1 Å². The first-order valence-electron chi connectivity index (χ1n) is 10.4. The molecule has 4 rings (SSSR count). The Morgan fingerprint density at radius 2 is 1.66 bits per heavy atom. The van der Waals surface area contributed by atoms with E-state index in [4.69, 9.17) is 11.6 Å². The van der Waals surface area contributed by atoms with Gasteiger partial charge in [0, 0.05) is 27.2 Å². The Kier molecular flexibility index (Phi) is 6.05. The Balaban J connectivity index is 1.80. The van der Waals surface area contributed by atoms with E-state index in [-0.39, 0.29) is 33.7 Å². The second-order valence-corrected chi connectivity index (χ2v) is 10.2. The molecule has 32 heavy (non-hydrogen) atoms. The molecule has 1 fully saturated rings. The van der Waals surface area contributed by atoms with Crippen LogP contribution in [0.2, 0.25) is 5.02 Å². The fraction of sp³-hybridized carbons (Fsp3) is 0.364. The van der Waals surface area contributed by atoms with E-state index >= 15 is 0 Å². The maximum absolute atomic E-state index is 13.8. The zero-order valence-corrected chi connectivity index (χ0v) is 19.6. The first-order valence-corrected chi connectivity index (χ1v) is 12.2. The van der Waals surface area contributed by atoms with E-state index in [2.05, 4.69) is 0 Å². The van der Waals surface area contributed by atoms with Crippen LogP contribution in [0.1, 0.15) is 19.3 Å². The Bertz CT molecular complexity index is 1340. The first-order chi connectivity index (χ1) is 15.2. The molecule has 0 bridgehead atoms. The van der Waals surface area contributed by atoms with E-state index in [0.717, 1.165) is 23.6 Å². The number of hydrogen-bond acceptors (Lipinski definition) is 4. The maximum Gasteiger partial charge on any atom is 0.328 e. The van der Waals surface area contributed by atoms with Gasteiger partial charge in [0.25, 0.3) is 10.0 Å². The molecule has 1 amide bonds. The number of aryl methyl sites for hydroxylation is 2. The third-order valence-electron chi connectivity index (χ3n) is 5.94. The quantitative estimate of drug-likeness (QED) is 0.566. The lowest BCUT2D eigenvalue weighted by Gasteiger charge is -2.31. The minimum atomic E-state index is -4.15. The van der Waals surface area contributed by atoms with Crippen LogP contribution in [0.15, 0.2) is 52.2 Å². The van der Waals surface area contributed by atoms with Crippen LogP contribution in [-0.2, 0) is 28.9 Å². The number of aromatic nitrogens is 2. The molecule has 0 saturated carbocycles. The predicted molar refractivity (Wildman–Crippen MR) is 125 cm³/mol. The number of sulfonamides is 1. The van der Waals surface area contributed by atoms with Gasteiger partial charge in [-0.1, -0.05) is 23.7 Å². The number of benzene rings is 2. The van der Waals surface area contributed by atoms with Gasteiger partial charge < -0.3 is 4.90 Å². The normalized spacial score (nSPS) is 14.7. The molecule has 0 N–H and O–H groups in total. The predicted octanol–water partition coefficient (Wildman–Crippen LogP) is 2.74. The Labute approximate surface area is 191 Å². The number of nitrogens with zero attached hydrogens (tertiary/aromatic N) is 4. The summed E-state index contributed by atoms with van der Waals surface area (Å²) >= 11 is 6.35. The van der Waals surface area contributed by atoms with Gasteiger partial charge in [0.15, 0.2) is 0 Å². The number of piperidine rings is 1. The molecule has 2 aromatic carbocycles. The Morgan fingerprint density at radius 3 is 2.34 bits per heavy atom. The van der Waals surface area contributed by atoms with Crippen molar-refractivity contribution in [3.8, 4) is 0 Å². The van der Waals surface area contributed by atoms with Crippen LogP contribution in [-0.4, -0.2) is 48.0 Å². The summed E-state index contributed by atoms with van der Waals surface area (Å²) in [5.41, 5.74) is 1.09. The molecule has 0 radical (unpaired) electrons. The number of imidazole rings is 1. The lowest BCUT2D eigenvalue weighted by atomic mass is 10.1. The molecule has 0 unspecified atom stereocenters. The highest BCUT2D eigenvalue weighted by atomic mass is 35.5. The van der Waals surface area contributed by atoms with Gasteiger partial charge in [0.1, 0.15) is 6.54 Å². The van der Waals surface area contributed by atoms with Gasteiger partial charge in [0.2, 0.25) is 5.91 Å². The highest BCUT2D eigenvalue weighted by Crippen LogP contribution is 2.31. The van der Waals surface area contributed by atoms with Crippen molar-refractivity contribution in [2.45, 2.75) is 24.2 Å². The molecule has 1 saturated heterocycles. The average molecular weight is 477 g/mol. The van der Waals surface area contributed by atoms with E-state index in [1.54, 1.807) is 49.3 Å². The first kappa shape index (κ1) is 22.4. The van der Waals surface area contributed by atoms with Crippen molar-refractivity contribution in [3.05, 3.63) is 58.0 Å². The fourth-order valence-electron chi connectivity index (χ4n) is 4.09. The monoisotopic (exact) mass is 476 g/mol. The van der Waals surface area contributed by atoms with Crippen LogP contribution in [0.3, 0.4) is 0 Å². The summed E-state index contributed by atoms with van der Waals surface area (Å²) < 4.78 is 31.4. The standard InChI is InChI=1S/C22H25ClN4O4S/c1-24-19-11-10-16(14-20(19)25(2)22(24)29)32(30,31)27(18-9-5-4-8-17(18)23)15-21(28)26-12-6-3-7-13-26/h4-5,8-11,14H,3,6-7,12-13,15H2,1-2H3. The second-order valence-electron chi connectivity index (χ2n) is 7.96. The van der Waals surface area contributed by atoms with Gasteiger partial charge in [0.05, 0.1) is 26.6 Å². The lowest BCUT2D eigenvalue weighted by molar-refractivity contribution is -0.130. The van der Waals surface area contributed by atoms with E-state index in [1.807, 2.05) is 0 Å². The highest BCUT2D eigenvalue weighted by Gasteiger charge is 2.31. The van der Waals surface area contributed by atoms with Gasteiger partial charge in [-0.3, -0.25) is 18.2 Å². The van der Waals surface area contributed by atoms with E-state index < -0.39 is 10.0 Å².